The monoisotopic (exact) mass is 254 g/mol. The molecule has 0 aromatic carbocycles. The van der Waals surface area contributed by atoms with Crippen LogP contribution in [0.25, 0.3) is 0 Å². The summed E-state index contributed by atoms with van der Waals surface area (Å²) in [6.45, 7) is 7.99. The standard InChI is InChI=1S/C16H34N2/c1-14(2)11-16(12-17)9-10-18(3)13-15-7-5-4-6-8-15/h14-16H,4-13,17H2,1-3H3. The van der Waals surface area contributed by atoms with Crippen molar-refractivity contribution < 1.29 is 0 Å². The normalized spacial score (nSPS) is 19.7. The van der Waals surface area contributed by atoms with Gasteiger partial charge in [0.25, 0.3) is 0 Å². The summed E-state index contributed by atoms with van der Waals surface area (Å²) in [4.78, 5) is 2.54. The van der Waals surface area contributed by atoms with Crippen molar-refractivity contribution in [1.29, 1.82) is 0 Å². The number of rotatable bonds is 8. The zero-order valence-corrected chi connectivity index (χ0v) is 12.8. The zero-order valence-electron chi connectivity index (χ0n) is 12.8. The average molecular weight is 254 g/mol. The Kier molecular flexibility index (Phi) is 7.92. The highest BCUT2D eigenvalue weighted by atomic mass is 15.1. The lowest BCUT2D eigenvalue weighted by atomic mass is 9.88. The molecule has 2 N–H and O–H groups in total. The van der Waals surface area contributed by atoms with E-state index < -0.39 is 0 Å². The van der Waals surface area contributed by atoms with Crippen LogP contribution in [-0.2, 0) is 0 Å². The summed E-state index contributed by atoms with van der Waals surface area (Å²) >= 11 is 0. The second-order valence-corrected chi connectivity index (χ2v) is 6.79. The molecule has 1 saturated carbocycles. The predicted octanol–water partition coefficient (Wildman–Crippen LogP) is 3.51. The summed E-state index contributed by atoms with van der Waals surface area (Å²) in [6.07, 6.45) is 9.84. The first-order valence-electron chi connectivity index (χ1n) is 8.00. The van der Waals surface area contributed by atoms with Crippen molar-refractivity contribution in [2.45, 2.75) is 58.8 Å². The fourth-order valence-corrected chi connectivity index (χ4v) is 3.30. The van der Waals surface area contributed by atoms with Crippen LogP contribution in [0, 0.1) is 17.8 Å². The van der Waals surface area contributed by atoms with Crippen molar-refractivity contribution in [3.05, 3.63) is 0 Å². The topological polar surface area (TPSA) is 29.3 Å². The summed E-state index contributed by atoms with van der Waals surface area (Å²) < 4.78 is 0. The van der Waals surface area contributed by atoms with Gasteiger partial charge in [-0.3, -0.25) is 0 Å². The van der Waals surface area contributed by atoms with E-state index >= 15 is 0 Å². The Hall–Kier alpha value is -0.0800. The van der Waals surface area contributed by atoms with E-state index in [1.807, 2.05) is 0 Å². The van der Waals surface area contributed by atoms with E-state index in [0.29, 0.717) is 0 Å². The molecule has 1 aliphatic carbocycles. The van der Waals surface area contributed by atoms with E-state index in [0.717, 1.165) is 24.3 Å². The molecular formula is C16H34N2. The molecule has 0 saturated heterocycles. The third-order valence-corrected chi connectivity index (χ3v) is 4.35. The third-order valence-electron chi connectivity index (χ3n) is 4.35. The first-order valence-corrected chi connectivity index (χ1v) is 8.00. The Balaban J connectivity index is 2.16. The molecule has 0 heterocycles. The van der Waals surface area contributed by atoms with Gasteiger partial charge < -0.3 is 10.6 Å². The van der Waals surface area contributed by atoms with Gasteiger partial charge in [0.15, 0.2) is 0 Å². The van der Waals surface area contributed by atoms with Crippen LogP contribution in [0.15, 0.2) is 0 Å². The van der Waals surface area contributed by atoms with E-state index in [4.69, 9.17) is 5.73 Å². The maximum atomic E-state index is 5.87. The van der Waals surface area contributed by atoms with Crippen LogP contribution in [0.5, 0.6) is 0 Å². The smallest absolute Gasteiger partial charge is 0.000661 e. The molecule has 2 nitrogen and oxygen atoms in total. The average Bonchev–Trinajstić information content (AvgIpc) is 2.35. The van der Waals surface area contributed by atoms with Crippen LogP contribution >= 0.6 is 0 Å². The fourth-order valence-electron chi connectivity index (χ4n) is 3.30. The van der Waals surface area contributed by atoms with Gasteiger partial charge in [0, 0.05) is 6.54 Å². The second kappa shape index (κ2) is 8.92. The third kappa shape index (κ3) is 6.75. The Morgan fingerprint density at radius 2 is 1.83 bits per heavy atom. The SMILES string of the molecule is CC(C)CC(CN)CCN(C)CC1CCCCC1. The number of hydrogen-bond acceptors (Lipinski definition) is 2. The number of nitrogens with two attached hydrogens (primary N) is 1. The highest BCUT2D eigenvalue weighted by Gasteiger charge is 2.16. The van der Waals surface area contributed by atoms with Gasteiger partial charge in [0.05, 0.1) is 0 Å². The zero-order chi connectivity index (χ0) is 13.4. The molecule has 0 bridgehead atoms. The van der Waals surface area contributed by atoms with Gasteiger partial charge in [-0.2, -0.15) is 0 Å². The van der Waals surface area contributed by atoms with E-state index in [1.54, 1.807) is 0 Å². The molecule has 0 spiro atoms. The van der Waals surface area contributed by atoms with Crippen LogP contribution in [0.1, 0.15) is 58.8 Å². The van der Waals surface area contributed by atoms with Gasteiger partial charge in [-0.05, 0) is 63.6 Å². The Morgan fingerprint density at radius 3 is 2.39 bits per heavy atom. The summed E-state index contributed by atoms with van der Waals surface area (Å²) in [7, 11) is 2.29. The Morgan fingerprint density at radius 1 is 1.17 bits per heavy atom. The molecule has 108 valence electrons. The molecule has 0 radical (unpaired) electrons. The van der Waals surface area contributed by atoms with Gasteiger partial charge in [-0.25, -0.2) is 0 Å². The molecule has 1 fully saturated rings. The lowest BCUT2D eigenvalue weighted by Gasteiger charge is -2.28. The van der Waals surface area contributed by atoms with Crippen LogP contribution in [-0.4, -0.2) is 31.6 Å². The highest BCUT2D eigenvalue weighted by Crippen LogP contribution is 2.24. The highest BCUT2D eigenvalue weighted by molar-refractivity contribution is 4.70. The lowest BCUT2D eigenvalue weighted by Crippen LogP contribution is -2.30. The first-order chi connectivity index (χ1) is 8.61. The van der Waals surface area contributed by atoms with Crippen molar-refractivity contribution in [2.24, 2.45) is 23.5 Å². The van der Waals surface area contributed by atoms with E-state index in [1.165, 1.54) is 58.0 Å². The van der Waals surface area contributed by atoms with Crippen LogP contribution in [0.4, 0.5) is 0 Å². The molecule has 1 aliphatic rings. The number of hydrogen-bond donors (Lipinski definition) is 1. The van der Waals surface area contributed by atoms with Crippen molar-refractivity contribution in [3.63, 3.8) is 0 Å². The van der Waals surface area contributed by atoms with Crippen molar-refractivity contribution >= 4 is 0 Å². The summed E-state index contributed by atoms with van der Waals surface area (Å²) in [5.41, 5.74) is 5.87. The molecule has 0 aromatic heterocycles. The Labute approximate surface area is 114 Å². The molecule has 18 heavy (non-hydrogen) atoms. The van der Waals surface area contributed by atoms with E-state index in [9.17, 15) is 0 Å². The molecule has 0 amide bonds. The fraction of sp³-hybridized carbons (Fsp3) is 1.00. The Bertz CT molecular complexity index is 197. The first kappa shape index (κ1) is 16.0. The summed E-state index contributed by atoms with van der Waals surface area (Å²) in [6, 6.07) is 0. The molecule has 1 rings (SSSR count). The molecule has 0 aliphatic heterocycles. The predicted molar refractivity (Wildman–Crippen MR) is 80.7 cm³/mol. The van der Waals surface area contributed by atoms with Crippen LogP contribution in [0.2, 0.25) is 0 Å². The summed E-state index contributed by atoms with van der Waals surface area (Å²) in [5.74, 6) is 2.46. The van der Waals surface area contributed by atoms with Gasteiger partial charge in [0.1, 0.15) is 0 Å². The maximum Gasteiger partial charge on any atom is 0.000661 e. The van der Waals surface area contributed by atoms with Gasteiger partial charge in [-0.1, -0.05) is 33.1 Å². The van der Waals surface area contributed by atoms with Crippen LogP contribution in [0.3, 0.4) is 0 Å². The van der Waals surface area contributed by atoms with Crippen molar-refractivity contribution in [3.8, 4) is 0 Å². The lowest BCUT2D eigenvalue weighted by molar-refractivity contribution is 0.217. The summed E-state index contributed by atoms with van der Waals surface area (Å²) in [5, 5.41) is 0. The number of nitrogens with zero attached hydrogens (tertiary/aromatic N) is 1. The molecular weight excluding hydrogens is 220 g/mol. The van der Waals surface area contributed by atoms with Gasteiger partial charge in [0.2, 0.25) is 0 Å². The van der Waals surface area contributed by atoms with Gasteiger partial charge >= 0.3 is 0 Å². The maximum absolute atomic E-state index is 5.87. The minimum atomic E-state index is 0.721. The van der Waals surface area contributed by atoms with E-state index in [-0.39, 0.29) is 0 Å². The molecule has 0 aromatic rings. The second-order valence-electron chi connectivity index (χ2n) is 6.79. The van der Waals surface area contributed by atoms with Crippen LogP contribution < -0.4 is 5.73 Å². The van der Waals surface area contributed by atoms with Crippen molar-refractivity contribution in [2.75, 3.05) is 26.7 Å². The molecule has 2 heteroatoms. The molecule has 1 unspecified atom stereocenters. The van der Waals surface area contributed by atoms with E-state index in [2.05, 4.69) is 25.8 Å². The minimum absolute atomic E-state index is 0.721. The molecule has 1 atom stereocenters. The largest absolute Gasteiger partial charge is 0.330 e. The minimum Gasteiger partial charge on any atom is -0.330 e. The quantitative estimate of drug-likeness (QED) is 0.718. The van der Waals surface area contributed by atoms with Crippen molar-refractivity contribution in [1.82, 2.24) is 4.90 Å². The van der Waals surface area contributed by atoms with Gasteiger partial charge in [-0.15, -0.1) is 0 Å².